The van der Waals surface area contributed by atoms with E-state index in [-0.39, 0.29) is 11.9 Å². The molecular weight excluding hydrogens is 436 g/mol. The number of hydrogen-bond acceptors (Lipinski definition) is 7. The molecule has 3 aromatic rings. The van der Waals surface area contributed by atoms with Crippen LogP contribution < -0.4 is 10.2 Å². The zero-order chi connectivity index (χ0) is 21.8. The molecule has 4 rings (SSSR count). The minimum atomic E-state index is -0.200. The van der Waals surface area contributed by atoms with Crippen LogP contribution >= 0.6 is 22.9 Å². The lowest BCUT2D eigenvalue weighted by Gasteiger charge is -2.25. The molecule has 1 aliphatic heterocycles. The molecule has 1 saturated heterocycles. The first-order valence-corrected chi connectivity index (χ1v) is 11.1. The summed E-state index contributed by atoms with van der Waals surface area (Å²) in [7, 11) is 0. The number of halogens is 1. The number of carbonyl (C=O) groups excluding carboxylic acids is 1. The number of morpholine rings is 1. The van der Waals surface area contributed by atoms with Crippen molar-refractivity contribution in [3.63, 3.8) is 0 Å². The van der Waals surface area contributed by atoms with Gasteiger partial charge in [0.2, 0.25) is 0 Å². The number of nitrogens with one attached hydrogen (secondary N) is 1. The topological polar surface area (TPSA) is 96.1 Å². The van der Waals surface area contributed by atoms with Gasteiger partial charge < -0.3 is 15.0 Å². The van der Waals surface area contributed by atoms with Gasteiger partial charge in [-0.2, -0.15) is 10.4 Å². The summed E-state index contributed by atoms with van der Waals surface area (Å²) >= 11 is 7.59. The van der Waals surface area contributed by atoms with E-state index >= 15 is 0 Å². The number of amides is 1. The fourth-order valence-corrected chi connectivity index (χ4v) is 4.36. The molecule has 1 fully saturated rings. The number of nitriles is 1. The van der Waals surface area contributed by atoms with E-state index in [1.165, 1.54) is 11.3 Å². The third kappa shape index (κ3) is 5.05. The van der Waals surface area contributed by atoms with Gasteiger partial charge in [0.05, 0.1) is 36.0 Å². The van der Waals surface area contributed by atoms with Crippen LogP contribution in [0.1, 0.15) is 23.0 Å². The van der Waals surface area contributed by atoms with Gasteiger partial charge in [0.25, 0.3) is 5.91 Å². The van der Waals surface area contributed by atoms with Gasteiger partial charge in [0.15, 0.2) is 5.13 Å². The molecule has 0 spiro atoms. The summed E-state index contributed by atoms with van der Waals surface area (Å²) < 4.78 is 7.13. The Kier molecular flexibility index (Phi) is 6.51. The standard InChI is InChI=1S/C21H21ClN6O2S/c1-14(24-20(29)19-13-31-21(25-19)27-6-8-30-9-7-27)12-28-5-4-18(26-28)15-2-3-16(11-23)17(22)10-15/h2-5,10,13-14H,6-9,12H2,1H3,(H,24,29)/t14-/m0/s1. The molecule has 8 nitrogen and oxygen atoms in total. The molecule has 0 aliphatic carbocycles. The maximum absolute atomic E-state index is 12.6. The summed E-state index contributed by atoms with van der Waals surface area (Å²) in [4.78, 5) is 19.2. The second kappa shape index (κ2) is 9.47. The third-order valence-electron chi connectivity index (χ3n) is 4.87. The van der Waals surface area contributed by atoms with E-state index in [1.807, 2.05) is 31.3 Å². The Morgan fingerprint density at radius 3 is 2.94 bits per heavy atom. The SMILES string of the molecule is C[C@@H](Cn1ccc(-c2ccc(C#N)c(Cl)c2)n1)NC(=O)c1csc(N2CCOCC2)n1. The predicted molar refractivity (Wildman–Crippen MR) is 119 cm³/mol. The van der Waals surface area contributed by atoms with E-state index in [0.717, 1.165) is 29.5 Å². The van der Waals surface area contributed by atoms with Crippen molar-refractivity contribution in [3.8, 4) is 17.3 Å². The minimum Gasteiger partial charge on any atom is -0.378 e. The number of thiazole rings is 1. The van der Waals surface area contributed by atoms with Crippen LogP contribution in [0, 0.1) is 11.3 Å². The molecule has 0 radical (unpaired) electrons. The highest BCUT2D eigenvalue weighted by atomic mass is 35.5. The number of anilines is 1. The Morgan fingerprint density at radius 1 is 1.39 bits per heavy atom. The number of hydrogen-bond donors (Lipinski definition) is 1. The molecule has 31 heavy (non-hydrogen) atoms. The van der Waals surface area contributed by atoms with E-state index in [1.54, 1.807) is 22.2 Å². The summed E-state index contributed by atoms with van der Waals surface area (Å²) in [5.74, 6) is -0.200. The quantitative estimate of drug-likeness (QED) is 0.612. The fourth-order valence-electron chi connectivity index (χ4n) is 3.27. The number of benzene rings is 1. The second-order valence-electron chi connectivity index (χ2n) is 7.22. The second-order valence-corrected chi connectivity index (χ2v) is 8.46. The van der Waals surface area contributed by atoms with Crippen molar-refractivity contribution >= 4 is 34.0 Å². The molecule has 1 N–H and O–H groups in total. The van der Waals surface area contributed by atoms with Crippen LogP contribution in [0.4, 0.5) is 5.13 Å². The molecule has 2 aromatic heterocycles. The number of rotatable bonds is 6. The van der Waals surface area contributed by atoms with Gasteiger partial charge >= 0.3 is 0 Å². The van der Waals surface area contributed by atoms with E-state index < -0.39 is 0 Å². The lowest BCUT2D eigenvalue weighted by molar-refractivity contribution is 0.0931. The zero-order valence-electron chi connectivity index (χ0n) is 16.9. The molecule has 160 valence electrons. The van der Waals surface area contributed by atoms with Gasteiger partial charge in [-0.15, -0.1) is 11.3 Å². The number of nitrogens with zero attached hydrogens (tertiary/aromatic N) is 5. The van der Waals surface area contributed by atoms with Crippen molar-refractivity contribution in [2.45, 2.75) is 19.5 Å². The summed E-state index contributed by atoms with van der Waals surface area (Å²) in [6.45, 7) is 5.37. The van der Waals surface area contributed by atoms with Crippen molar-refractivity contribution in [2.75, 3.05) is 31.2 Å². The van der Waals surface area contributed by atoms with Crippen molar-refractivity contribution in [3.05, 3.63) is 52.1 Å². The molecular formula is C21H21ClN6O2S. The van der Waals surface area contributed by atoms with Crippen LogP contribution in [0.5, 0.6) is 0 Å². The molecule has 3 heterocycles. The predicted octanol–water partition coefficient (Wildman–Crippen LogP) is 3.19. The summed E-state index contributed by atoms with van der Waals surface area (Å²) in [5, 5.41) is 19.6. The van der Waals surface area contributed by atoms with Gasteiger partial charge in [0, 0.05) is 36.3 Å². The van der Waals surface area contributed by atoms with Crippen LogP contribution in [-0.2, 0) is 11.3 Å². The summed E-state index contributed by atoms with van der Waals surface area (Å²) in [5.41, 5.74) is 2.43. The number of ether oxygens (including phenoxy) is 1. The highest BCUT2D eigenvalue weighted by Gasteiger charge is 2.19. The van der Waals surface area contributed by atoms with Crippen LogP contribution in [0.25, 0.3) is 11.3 Å². The van der Waals surface area contributed by atoms with Crippen LogP contribution in [0.15, 0.2) is 35.8 Å². The lowest BCUT2D eigenvalue weighted by Crippen LogP contribution is -2.37. The Labute approximate surface area is 189 Å². The van der Waals surface area contributed by atoms with E-state index in [4.69, 9.17) is 21.6 Å². The molecule has 1 atom stereocenters. The molecule has 1 aromatic carbocycles. The van der Waals surface area contributed by atoms with Crippen LogP contribution in [0.3, 0.4) is 0 Å². The largest absolute Gasteiger partial charge is 0.378 e. The molecule has 0 saturated carbocycles. The first kappa shape index (κ1) is 21.3. The average Bonchev–Trinajstić information content (AvgIpc) is 3.44. The molecule has 10 heteroatoms. The summed E-state index contributed by atoms with van der Waals surface area (Å²) in [6, 6.07) is 9.01. The smallest absolute Gasteiger partial charge is 0.271 e. The Morgan fingerprint density at radius 2 is 2.19 bits per heavy atom. The van der Waals surface area contributed by atoms with Crippen molar-refractivity contribution in [1.29, 1.82) is 5.26 Å². The highest BCUT2D eigenvalue weighted by molar-refractivity contribution is 7.13. The van der Waals surface area contributed by atoms with E-state index in [0.29, 0.717) is 36.0 Å². The average molecular weight is 457 g/mol. The maximum atomic E-state index is 12.6. The Bertz CT molecular complexity index is 1120. The first-order valence-electron chi connectivity index (χ1n) is 9.86. The molecule has 1 amide bonds. The Balaban J connectivity index is 1.35. The van der Waals surface area contributed by atoms with Crippen molar-refractivity contribution in [2.24, 2.45) is 0 Å². The van der Waals surface area contributed by atoms with Crippen molar-refractivity contribution < 1.29 is 9.53 Å². The van der Waals surface area contributed by atoms with Crippen LogP contribution in [-0.4, -0.2) is 53.0 Å². The highest BCUT2D eigenvalue weighted by Crippen LogP contribution is 2.24. The fraction of sp³-hybridized carbons (Fsp3) is 0.333. The number of aromatic nitrogens is 3. The zero-order valence-corrected chi connectivity index (χ0v) is 18.5. The lowest BCUT2D eigenvalue weighted by atomic mass is 10.1. The molecule has 0 bridgehead atoms. The van der Waals surface area contributed by atoms with Gasteiger partial charge in [-0.25, -0.2) is 4.98 Å². The first-order chi connectivity index (χ1) is 15.0. The third-order valence-corrected chi connectivity index (χ3v) is 6.08. The van der Waals surface area contributed by atoms with Gasteiger partial charge in [-0.1, -0.05) is 17.7 Å². The normalized spacial score (nSPS) is 14.8. The van der Waals surface area contributed by atoms with Gasteiger partial charge in [0.1, 0.15) is 11.8 Å². The molecule has 1 aliphatic rings. The maximum Gasteiger partial charge on any atom is 0.271 e. The number of carbonyl (C=O) groups is 1. The van der Waals surface area contributed by atoms with E-state index in [9.17, 15) is 4.79 Å². The van der Waals surface area contributed by atoms with Crippen LogP contribution in [0.2, 0.25) is 5.02 Å². The van der Waals surface area contributed by atoms with Gasteiger partial charge in [-0.05, 0) is 25.1 Å². The Hall–Kier alpha value is -2.93. The minimum absolute atomic E-state index is 0.140. The van der Waals surface area contributed by atoms with Crippen molar-refractivity contribution in [1.82, 2.24) is 20.1 Å². The van der Waals surface area contributed by atoms with Gasteiger partial charge in [-0.3, -0.25) is 9.48 Å². The monoisotopic (exact) mass is 456 g/mol. The van der Waals surface area contributed by atoms with E-state index in [2.05, 4.69) is 20.3 Å². The molecule has 0 unspecified atom stereocenters. The summed E-state index contributed by atoms with van der Waals surface area (Å²) in [6.07, 6.45) is 1.85.